The van der Waals surface area contributed by atoms with Crippen molar-refractivity contribution in [1.82, 2.24) is 0 Å². The maximum absolute atomic E-state index is 10.8. The molecule has 0 unspecified atom stereocenters. The zero-order valence-electron chi connectivity index (χ0n) is 8.49. The van der Waals surface area contributed by atoms with E-state index in [1.54, 1.807) is 13.0 Å². The fraction of sp³-hybridized carbons (Fsp3) is 0.700. The highest BCUT2D eigenvalue weighted by Gasteiger charge is 2.06. The Kier molecular flexibility index (Phi) is 6.24. The molecule has 0 bridgehead atoms. The van der Waals surface area contributed by atoms with Gasteiger partial charge in [-0.1, -0.05) is 19.9 Å². The predicted octanol–water partition coefficient (Wildman–Crippen LogP) is 1.51. The van der Waals surface area contributed by atoms with E-state index in [0.29, 0.717) is 13.0 Å². The maximum atomic E-state index is 10.8. The molecule has 0 fully saturated rings. The summed E-state index contributed by atoms with van der Waals surface area (Å²) in [5, 5.41) is 9.37. The summed E-state index contributed by atoms with van der Waals surface area (Å²) >= 11 is 0. The fourth-order valence-electron chi connectivity index (χ4n) is 0.766. The lowest BCUT2D eigenvalue weighted by Gasteiger charge is -2.10. The Morgan fingerprint density at radius 1 is 1.54 bits per heavy atom. The van der Waals surface area contributed by atoms with Gasteiger partial charge < -0.3 is 9.84 Å². The first-order valence-electron chi connectivity index (χ1n) is 4.59. The van der Waals surface area contributed by atoms with Crippen LogP contribution in [0.4, 0.5) is 0 Å². The van der Waals surface area contributed by atoms with Crippen LogP contribution in [0.5, 0.6) is 0 Å². The molecule has 1 N–H and O–H groups in total. The molecule has 3 nitrogen and oxygen atoms in total. The van der Waals surface area contributed by atoms with Crippen molar-refractivity contribution in [2.24, 2.45) is 5.92 Å². The first-order valence-corrected chi connectivity index (χ1v) is 4.59. The van der Waals surface area contributed by atoms with Crippen molar-refractivity contribution < 1.29 is 14.6 Å². The number of aliphatic hydroxyl groups excluding tert-OH is 1. The maximum Gasteiger partial charge on any atom is 0.330 e. The summed E-state index contributed by atoms with van der Waals surface area (Å²) in [6.07, 6.45) is 3.11. The number of rotatable bonds is 5. The second kappa shape index (κ2) is 6.66. The van der Waals surface area contributed by atoms with E-state index in [0.717, 1.165) is 0 Å². The van der Waals surface area contributed by atoms with Gasteiger partial charge in [0.15, 0.2) is 0 Å². The molecule has 0 spiro atoms. The molecule has 0 rings (SSSR count). The van der Waals surface area contributed by atoms with Crippen LogP contribution in [0.15, 0.2) is 12.2 Å². The van der Waals surface area contributed by atoms with Crippen molar-refractivity contribution >= 4 is 5.97 Å². The lowest BCUT2D eigenvalue weighted by Crippen LogP contribution is -2.13. The highest BCUT2D eigenvalue weighted by molar-refractivity contribution is 5.81. The van der Waals surface area contributed by atoms with Crippen LogP contribution in [0.3, 0.4) is 0 Å². The molecule has 0 heterocycles. The van der Waals surface area contributed by atoms with Gasteiger partial charge in [0.05, 0.1) is 12.7 Å². The average molecular weight is 186 g/mol. The largest absolute Gasteiger partial charge is 0.463 e. The number of ether oxygens (including phenoxy) is 1. The standard InChI is InChI=1S/C10H18O3/c1-4-13-10(12)7-5-6-9(11)8(2)3/h5,7-9,11H,4,6H2,1-3H3/b7-5+/t9-/m0/s1. The second-order valence-electron chi connectivity index (χ2n) is 3.20. The minimum Gasteiger partial charge on any atom is -0.463 e. The van der Waals surface area contributed by atoms with Crippen molar-refractivity contribution in [2.45, 2.75) is 33.3 Å². The molecule has 0 aliphatic heterocycles. The summed E-state index contributed by atoms with van der Waals surface area (Å²) in [5.74, 6) is -0.134. The van der Waals surface area contributed by atoms with Crippen LogP contribution in [-0.4, -0.2) is 23.8 Å². The molecule has 13 heavy (non-hydrogen) atoms. The van der Waals surface area contributed by atoms with Crippen LogP contribution in [0, 0.1) is 5.92 Å². The highest BCUT2D eigenvalue weighted by Crippen LogP contribution is 2.05. The Labute approximate surface area is 79.4 Å². The van der Waals surface area contributed by atoms with Crippen LogP contribution in [-0.2, 0) is 9.53 Å². The van der Waals surface area contributed by atoms with E-state index in [9.17, 15) is 9.90 Å². The molecule has 0 aliphatic rings. The van der Waals surface area contributed by atoms with Gasteiger partial charge in [-0.3, -0.25) is 0 Å². The van der Waals surface area contributed by atoms with Crippen molar-refractivity contribution in [3.8, 4) is 0 Å². The SMILES string of the molecule is CCOC(=O)/C=C/C[C@H](O)C(C)C. The van der Waals surface area contributed by atoms with Gasteiger partial charge >= 0.3 is 5.97 Å². The van der Waals surface area contributed by atoms with Gasteiger partial charge in [-0.25, -0.2) is 4.79 Å². The number of aliphatic hydroxyl groups is 1. The first-order chi connectivity index (χ1) is 6.07. The molecule has 0 saturated heterocycles. The summed E-state index contributed by atoms with van der Waals surface area (Å²) in [7, 11) is 0. The molecule has 0 amide bonds. The quantitative estimate of drug-likeness (QED) is 0.523. The van der Waals surface area contributed by atoms with E-state index in [2.05, 4.69) is 4.74 Å². The first kappa shape index (κ1) is 12.2. The van der Waals surface area contributed by atoms with Gasteiger partial charge in [-0.15, -0.1) is 0 Å². The average Bonchev–Trinajstić information content (AvgIpc) is 2.04. The molecule has 0 saturated carbocycles. The monoisotopic (exact) mass is 186 g/mol. The Morgan fingerprint density at radius 3 is 2.62 bits per heavy atom. The van der Waals surface area contributed by atoms with Gasteiger partial charge in [-0.05, 0) is 19.3 Å². The number of carbonyl (C=O) groups is 1. The van der Waals surface area contributed by atoms with E-state index in [1.165, 1.54) is 6.08 Å². The van der Waals surface area contributed by atoms with Crippen LogP contribution in [0.25, 0.3) is 0 Å². The van der Waals surface area contributed by atoms with Gasteiger partial charge in [0, 0.05) is 6.08 Å². The molecule has 0 aromatic heterocycles. The number of hydrogen-bond acceptors (Lipinski definition) is 3. The van der Waals surface area contributed by atoms with Crippen molar-refractivity contribution in [2.75, 3.05) is 6.61 Å². The summed E-state index contributed by atoms with van der Waals surface area (Å²) < 4.78 is 4.68. The summed E-state index contributed by atoms with van der Waals surface area (Å²) in [5.41, 5.74) is 0. The van der Waals surface area contributed by atoms with E-state index < -0.39 is 0 Å². The van der Waals surface area contributed by atoms with E-state index in [4.69, 9.17) is 0 Å². The Bertz CT molecular complexity index is 173. The molecule has 1 atom stereocenters. The van der Waals surface area contributed by atoms with Crippen LogP contribution < -0.4 is 0 Å². The van der Waals surface area contributed by atoms with Crippen molar-refractivity contribution in [1.29, 1.82) is 0 Å². The Hall–Kier alpha value is -0.830. The second-order valence-corrected chi connectivity index (χ2v) is 3.20. The third kappa shape index (κ3) is 6.34. The van der Waals surface area contributed by atoms with E-state index >= 15 is 0 Å². The number of esters is 1. The van der Waals surface area contributed by atoms with Crippen LogP contribution >= 0.6 is 0 Å². The fourth-order valence-corrected chi connectivity index (χ4v) is 0.766. The molecule has 0 aliphatic carbocycles. The number of carbonyl (C=O) groups excluding carboxylic acids is 1. The normalized spacial score (nSPS) is 13.6. The zero-order chi connectivity index (χ0) is 10.3. The minimum absolute atomic E-state index is 0.215. The molecular formula is C10H18O3. The lowest BCUT2D eigenvalue weighted by molar-refractivity contribution is -0.137. The summed E-state index contributed by atoms with van der Waals surface area (Å²) in [4.78, 5) is 10.8. The van der Waals surface area contributed by atoms with Gasteiger partial charge in [0.25, 0.3) is 0 Å². The van der Waals surface area contributed by atoms with Gasteiger partial charge in [0.2, 0.25) is 0 Å². The smallest absolute Gasteiger partial charge is 0.330 e. The van der Waals surface area contributed by atoms with Crippen molar-refractivity contribution in [3.05, 3.63) is 12.2 Å². The molecule has 3 heteroatoms. The molecule has 0 aromatic rings. The number of hydrogen-bond donors (Lipinski definition) is 1. The van der Waals surface area contributed by atoms with Crippen LogP contribution in [0.1, 0.15) is 27.2 Å². The summed E-state index contributed by atoms with van der Waals surface area (Å²) in [6, 6.07) is 0. The zero-order valence-corrected chi connectivity index (χ0v) is 8.49. The molecule has 0 radical (unpaired) electrons. The third-order valence-electron chi connectivity index (χ3n) is 1.69. The molecular weight excluding hydrogens is 168 g/mol. The lowest BCUT2D eigenvalue weighted by atomic mass is 10.0. The highest BCUT2D eigenvalue weighted by atomic mass is 16.5. The van der Waals surface area contributed by atoms with Crippen LogP contribution in [0.2, 0.25) is 0 Å². The van der Waals surface area contributed by atoms with E-state index in [1.807, 2.05) is 13.8 Å². The minimum atomic E-state index is -0.384. The van der Waals surface area contributed by atoms with Crippen molar-refractivity contribution in [3.63, 3.8) is 0 Å². The van der Waals surface area contributed by atoms with Gasteiger partial charge in [-0.2, -0.15) is 0 Å². The van der Waals surface area contributed by atoms with E-state index in [-0.39, 0.29) is 18.0 Å². The predicted molar refractivity (Wildman–Crippen MR) is 51.2 cm³/mol. The topological polar surface area (TPSA) is 46.5 Å². The molecule has 0 aromatic carbocycles. The Morgan fingerprint density at radius 2 is 2.15 bits per heavy atom. The third-order valence-corrected chi connectivity index (χ3v) is 1.69. The summed E-state index contributed by atoms with van der Waals surface area (Å²) in [6.45, 7) is 6.01. The van der Waals surface area contributed by atoms with Gasteiger partial charge in [0.1, 0.15) is 0 Å². The Balaban J connectivity index is 3.68. The molecule has 76 valence electrons.